The van der Waals surface area contributed by atoms with Gasteiger partial charge < -0.3 is 4.90 Å². The average Bonchev–Trinajstić information content (AvgIpc) is 3.07. The summed E-state index contributed by atoms with van der Waals surface area (Å²) in [7, 11) is 0. The van der Waals surface area contributed by atoms with Gasteiger partial charge in [0.1, 0.15) is 0 Å². The first-order valence-electron chi connectivity index (χ1n) is 6.90. The summed E-state index contributed by atoms with van der Waals surface area (Å²) in [5.74, 6) is -4.64. The van der Waals surface area contributed by atoms with Crippen LogP contribution in [0.3, 0.4) is 0 Å². The highest BCUT2D eigenvalue weighted by Crippen LogP contribution is 2.30. The third-order valence-electron chi connectivity index (χ3n) is 3.85. The SMILES string of the molecule is O=C(c1ccc(F)c(F)c1F)N1CCC(c2nccs2)CC1. The van der Waals surface area contributed by atoms with Crippen molar-refractivity contribution < 1.29 is 18.0 Å². The van der Waals surface area contributed by atoms with Gasteiger partial charge in [-0.1, -0.05) is 0 Å². The fourth-order valence-electron chi connectivity index (χ4n) is 2.63. The molecule has 1 aliphatic rings. The fourth-order valence-corrected chi connectivity index (χ4v) is 3.44. The second-order valence-corrected chi connectivity index (χ2v) is 6.09. The number of thiazole rings is 1. The van der Waals surface area contributed by atoms with Crippen molar-refractivity contribution in [2.45, 2.75) is 18.8 Å². The minimum absolute atomic E-state index is 0.291. The van der Waals surface area contributed by atoms with Crippen molar-refractivity contribution in [1.29, 1.82) is 0 Å². The number of aromatic nitrogens is 1. The maximum atomic E-state index is 13.7. The van der Waals surface area contributed by atoms with Crippen LogP contribution in [0.1, 0.15) is 34.1 Å². The van der Waals surface area contributed by atoms with Crippen molar-refractivity contribution in [3.8, 4) is 0 Å². The van der Waals surface area contributed by atoms with Crippen LogP contribution < -0.4 is 0 Å². The Kier molecular flexibility index (Phi) is 4.15. The number of piperidine rings is 1. The number of amides is 1. The standard InChI is InChI=1S/C15H13F3N2OS/c16-11-2-1-10(12(17)13(11)18)15(21)20-6-3-9(4-7-20)14-19-5-8-22-14/h1-2,5,8-9H,3-4,6-7H2. The van der Waals surface area contributed by atoms with Gasteiger partial charge in [0.05, 0.1) is 10.6 Å². The smallest absolute Gasteiger partial charge is 0.256 e. The molecule has 22 heavy (non-hydrogen) atoms. The second-order valence-electron chi connectivity index (χ2n) is 5.16. The zero-order valence-electron chi connectivity index (χ0n) is 11.6. The minimum Gasteiger partial charge on any atom is -0.339 e. The quantitative estimate of drug-likeness (QED) is 0.790. The molecular formula is C15H13F3N2OS. The number of nitrogens with zero attached hydrogens (tertiary/aromatic N) is 2. The van der Waals surface area contributed by atoms with Gasteiger partial charge in [-0.2, -0.15) is 0 Å². The van der Waals surface area contributed by atoms with E-state index in [0.717, 1.165) is 30.0 Å². The van der Waals surface area contributed by atoms with Gasteiger partial charge in [-0.05, 0) is 25.0 Å². The van der Waals surface area contributed by atoms with Crippen molar-refractivity contribution in [2.24, 2.45) is 0 Å². The van der Waals surface area contributed by atoms with E-state index >= 15 is 0 Å². The molecule has 116 valence electrons. The third kappa shape index (κ3) is 2.72. The molecule has 2 aromatic rings. The molecule has 0 bridgehead atoms. The van der Waals surface area contributed by atoms with Crippen LogP contribution in [-0.2, 0) is 0 Å². The van der Waals surface area contributed by atoms with Crippen LogP contribution >= 0.6 is 11.3 Å². The topological polar surface area (TPSA) is 33.2 Å². The van der Waals surface area contributed by atoms with E-state index in [9.17, 15) is 18.0 Å². The first-order valence-corrected chi connectivity index (χ1v) is 7.78. The summed E-state index contributed by atoms with van der Waals surface area (Å²) >= 11 is 1.58. The molecule has 1 aromatic carbocycles. The number of halogens is 3. The van der Waals surface area contributed by atoms with Crippen molar-refractivity contribution in [2.75, 3.05) is 13.1 Å². The van der Waals surface area contributed by atoms with E-state index in [-0.39, 0.29) is 0 Å². The molecule has 3 nitrogen and oxygen atoms in total. The Morgan fingerprint density at radius 2 is 1.91 bits per heavy atom. The van der Waals surface area contributed by atoms with Crippen LogP contribution in [0.15, 0.2) is 23.7 Å². The number of carbonyl (C=O) groups is 1. The van der Waals surface area contributed by atoms with E-state index in [2.05, 4.69) is 4.98 Å². The molecule has 3 rings (SSSR count). The van der Waals surface area contributed by atoms with Crippen LogP contribution in [-0.4, -0.2) is 28.9 Å². The molecule has 0 aliphatic carbocycles. The molecule has 2 heterocycles. The monoisotopic (exact) mass is 326 g/mol. The lowest BCUT2D eigenvalue weighted by Gasteiger charge is -2.31. The summed E-state index contributed by atoms with van der Waals surface area (Å²) in [6.07, 6.45) is 3.20. The van der Waals surface area contributed by atoms with Crippen molar-refractivity contribution in [3.63, 3.8) is 0 Å². The van der Waals surface area contributed by atoms with Crippen molar-refractivity contribution >= 4 is 17.2 Å². The molecule has 1 amide bonds. The lowest BCUT2D eigenvalue weighted by atomic mass is 9.97. The van der Waals surface area contributed by atoms with Crippen molar-refractivity contribution in [3.05, 3.63) is 51.7 Å². The molecular weight excluding hydrogens is 313 g/mol. The molecule has 0 saturated carbocycles. The van der Waals surface area contributed by atoms with Gasteiger partial charge in [0, 0.05) is 30.6 Å². The van der Waals surface area contributed by atoms with Crippen LogP contribution in [0.25, 0.3) is 0 Å². The number of rotatable bonds is 2. The summed E-state index contributed by atoms with van der Waals surface area (Å²) in [5.41, 5.74) is -0.424. The molecule has 7 heteroatoms. The molecule has 1 fully saturated rings. The molecule has 0 N–H and O–H groups in total. The van der Waals surface area contributed by atoms with Crippen LogP contribution in [0.2, 0.25) is 0 Å². The average molecular weight is 326 g/mol. The molecule has 0 atom stereocenters. The Balaban J connectivity index is 1.71. The predicted octanol–water partition coefficient (Wildman–Crippen LogP) is 3.58. The summed E-state index contributed by atoms with van der Waals surface area (Å²) < 4.78 is 39.9. The molecule has 0 radical (unpaired) electrons. The van der Waals surface area contributed by atoms with Gasteiger partial charge in [0.25, 0.3) is 5.91 Å². The van der Waals surface area contributed by atoms with Crippen molar-refractivity contribution in [1.82, 2.24) is 9.88 Å². The number of benzene rings is 1. The lowest BCUT2D eigenvalue weighted by Crippen LogP contribution is -2.38. The maximum absolute atomic E-state index is 13.7. The highest BCUT2D eigenvalue weighted by Gasteiger charge is 2.28. The van der Waals surface area contributed by atoms with Crippen LogP contribution in [0.5, 0.6) is 0 Å². The Morgan fingerprint density at radius 1 is 1.18 bits per heavy atom. The van der Waals surface area contributed by atoms with Crippen LogP contribution in [0, 0.1) is 17.5 Å². The second kappa shape index (κ2) is 6.08. The Labute approximate surface area is 129 Å². The molecule has 1 aromatic heterocycles. The predicted molar refractivity (Wildman–Crippen MR) is 76.3 cm³/mol. The van der Waals surface area contributed by atoms with Gasteiger partial charge in [0.2, 0.25) is 0 Å². The molecule has 1 aliphatic heterocycles. The van der Waals surface area contributed by atoms with E-state index in [4.69, 9.17) is 0 Å². The number of hydrogen-bond acceptors (Lipinski definition) is 3. The Morgan fingerprint density at radius 3 is 2.55 bits per heavy atom. The van der Waals surface area contributed by atoms with Crippen LogP contribution in [0.4, 0.5) is 13.2 Å². The first kappa shape index (κ1) is 15.0. The Bertz CT molecular complexity index is 682. The van der Waals surface area contributed by atoms with E-state index in [0.29, 0.717) is 19.0 Å². The number of hydrogen-bond donors (Lipinski definition) is 0. The first-order chi connectivity index (χ1) is 10.6. The zero-order chi connectivity index (χ0) is 15.7. The van der Waals surface area contributed by atoms with Gasteiger partial charge in [-0.3, -0.25) is 4.79 Å². The Hall–Kier alpha value is -1.89. The van der Waals surface area contributed by atoms with Gasteiger partial charge in [0.15, 0.2) is 17.5 Å². The lowest BCUT2D eigenvalue weighted by molar-refractivity contribution is 0.0707. The van der Waals surface area contributed by atoms with E-state index in [1.54, 1.807) is 17.5 Å². The summed E-state index contributed by atoms with van der Waals surface area (Å²) in [4.78, 5) is 18.0. The largest absolute Gasteiger partial charge is 0.339 e. The van der Waals surface area contributed by atoms with E-state index in [1.165, 1.54) is 4.90 Å². The number of carbonyl (C=O) groups excluding carboxylic acids is 1. The fraction of sp³-hybridized carbons (Fsp3) is 0.333. The summed E-state index contributed by atoms with van der Waals surface area (Å²) in [6, 6.07) is 1.76. The summed E-state index contributed by atoms with van der Waals surface area (Å²) in [6.45, 7) is 0.892. The maximum Gasteiger partial charge on any atom is 0.256 e. The molecule has 0 spiro atoms. The van der Waals surface area contributed by atoms with E-state index < -0.39 is 28.9 Å². The van der Waals surface area contributed by atoms with Gasteiger partial charge >= 0.3 is 0 Å². The highest BCUT2D eigenvalue weighted by molar-refractivity contribution is 7.09. The third-order valence-corrected chi connectivity index (χ3v) is 4.79. The minimum atomic E-state index is -1.61. The van der Waals surface area contributed by atoms with Gasteiger partial charge in [-0.25, -0.2) is 18.2 Å². The summed E-state index contributed by atoms with van der Waals surface area (Å²) in [5, 5.41) is 2.94. The normalized spacial score (nSPS) is 16.0. The zero-order valence-corrected chi connectivity index (χ0v) is 12.4. The molecule has 1 saturated heterocycles. The number of likely N-dealkylation sites (tertiary alicyclic amines) is 1. The van der Waals surface area contributed by atoms with Gasteiger partial charge in [-0.15, -0.1) is 11.3 Å². The molecule has 0 unspecified atom stereocenters. The van der Waals surface area contributed by atoms with E-state index in [1.807, 2.05) is 5.38 Å². The highest BCUT2D eigenvalue weighted by atomic mass is 32.1.